The minimum atomic E-state index is -0.182. The standard InChI is InChI=1S/C6H12O2.Li.H/c1-3-4-5-8-6(2)7;;/h3-5H2,1-2H3;;. The second-order valence-corrected chi connectivity index (χ2v) is 1.69. The quantitative estimate of drug-likeness (QED) is 0.314. The third kappa shape index (κ3) is 11.6. The van der Waals surface area contributed by atoms with Crippen LogP contribution in [0.25, 0.3) is 0 Å². The Balaban J connectivity index is 0. The summed E-state index contributed by atoms with van der Waals surface area (Å²) >= 11 is 0. The molecule has 0 aromatic rings. The predicted molar refractivity (Wildman–Crippen MR) is 38.7 cm³/mol. The van der Waals surface area contributed by atoms with E-state index in [-0.39, 0.29) is 24.8 Å². The third-order valence-electron chi connectivity index (χ3n) is 0.803. The van der Waals surface area contributed by atoms with Crippen molar-refractivity contribution in [2.45, 2.75) is 26.7 Å². The van der Waals surface area contributed by atoms with Gasteiger partial charge in [-0.15, -0.1) is 0 Å². The summed E-state index contributed by atoms with van der Waals surface area (Å²) in [6, 6.07) is 0. The van der Waals surface area contributed by atoms with E-state index in [1.54, 1.807) is 0 Å². The van der Waals surface area contributed by atoms with Crippen molar-refractivity contribution in [3.63, 3.8) is 0 Å². The molecule has 0 amide bonds. The zero-order chi connectivity index (χ0) is 6.41. The van der Waals surface area contributed by atoms with E-state index in [9.17, 15) is 4.79 Å². The SMILES string of the molecule is CCCCOC(C)=O.[LiH]. The number of ether oxygens (including phenoxy) is 1. The van der Waals surface area contributed by atoms with Crippen LogP contribution in [0.2, 0.25) is 0 Å². The minimum absolute atomic E-state index is 0. The molecule has 0 aromatic carbocycles. The van der Waals surface area contributed by atoms with Gasteiger partial charge in [-0.25, -0.2) is 0 Å². The molecule has 0 radical (unpaired) electrons. The van der Waals surface area contributed by atoms with E-state index >= 15 is 0 Å². The fraction of sp³-hybridized carbons (Fsp3) is 0.833. The zero-order valence-corrected chi connectivity index (χ0v) is 5.44. The molecule has 0 bridgehead atoms. The van der Waals surface area contributed by atoms with Gasteiger partial charge in [0, 0.05) is 6.92 Å². The van der Waals surface area contributed by atoms with Crippen molar-refractivity contribution >= 4 is 24.8 Å². The molecule has 0 fully saturated rings. The summed E-state index contributed by atoms with van der Waals surface area (Å²) in [7, 11) is 0. The van der Waals surface area contributed by atoms with E-state index in [2.05, 4.69) is 11.7 Å². The number of carbonyl (C=O) groups is 1. The molecule has 0 unspecified atom stereocenters. The van der Waals surface area contributed by atoms with Gasteiger partial charge in [-0.2, -0.15) is 0 Å². The number of hydrogen-bond acceptors (Lipinski definition) is 2. The summed E-state index contributed by atoms with van der Waals surface area (Å²) in [6.07, 6.45) is 2.05. The maximum atomic E-state index is 10.1. The Bertz CT molecular complexity index is 73.5. The van der Waals surface area contributed by atoms with E-state index in [0.29, 0.717) is 6.61 Å². The Hall–Kier alpha value is 0.0674. The van der Waals surface area contributed by atoms with Crippen LogP contribution in [0, 0.1) is 0 Å². The molecule has 0 rings (SSSR count). The fourth-order valence-corrected chi connectivity index (χ4v) is 0.360. The first kappa shape index (κ1) is 11.8. The molecular weight excluding hydrogens is 111 g/mol. The summed E-state index contributed by atoms with van der Waals surface area (Å²) < 4.78 is 4.64. The molecule has 0 saturated heterocycles. The molecule has 0 atom stereocenters. The monoisotopic (exact) mass is 124 g/mol. The van der Waals surface area contributed by atoms with Crippen LogP contribution in [-0.2, 0) is 9.53 Å². The Labute approximate surface area is 68.1 Å². The van der Waals surface area contributed by atoms with E-state index < -0.39 is 0 Å². The van der Waals surface area contributed by atoms with Crippen LogP contribution < -0.4 is 0 Å². The van der Waals surface area contributed by atoms with E-state index in [1.807, 2.05) is 0 Å². The van der Waals surface area contributed by atoms with Gasteiger partial charge in [-0.3, -0.25) is 4.79 Å². The van der Waals surface area contributed by atoms with Crippen LogP contribution >= 0.6 is 0 Å². The molecule has 9 heavy (non-hydrogen) atoms. The predicted octanol–water partition coefficient (Wildman–Crippen LogP) is 0.701. The second kappa shape index (κ2) is 8.07. The summed E-state index contributed by atoms with van der Waals surface area (Å²) in [5.74, 6) is -0.182. The average Bonchev–Trinajstić information content (AvgIpc) is 1.66. The number of esters is 1. The molecular formula is C6H13LiO2. The van der Waals surface area contributed by atoms with Crippen molar-refractivity contribution in [3.05, 3.63) is 0 Å². The van der Waals surface area contributed by atoms with E-state index in [0.717, 1.165) is 12.8 Å². The summed E-state index contributed by atoms with van der Waals surface area (Å²) in [6.45, 7) is 4.06. The average molecular weight is 124 g/mol. The number of hydrogen-bond donors (Lipinski definition) is 0. The van der Waals surface area contributed by atoms with E-state index in [1.165, 1.54) is 6.92 Å². The van der Waals surface area contributed by atoms with Crippen LogP contribution in [0.3, 0.4) is 0 Å². The van der Waals surface area contributed by atoms with Crippen molar-refractivity contribution < 1.29 is 9.53 Å². The zero-order valence-electron chi connectivity index (χ0n) is 5.44. The summed E-state index contributed by atoms with van der Waals surface area (Å²) in [5.41, 5.74) is 0. The van der Waals surface area contributed by atoms with Gasteiger partial charge in [-0.05, 0) is 6.42 Å². The van der Waals surface area contributed by atoms with E-state index in [4.69, 9.17) is 0 Å². The van der Waals surface area contributed by atoms with Gasteiger partial charge in [0.2, 0.25) is 0 Å². The van der Waals surface area contributed by atoms with Crippen molar-refractivity contribution in [1.82, 2.24) is 0 Å². The molecule has 3 heteroatoms. The van der Waals surface area contributed by atoms with Crippen LogP contribution in [0.4, 0.5) is 0 Å². The Morgan fingerprint density at radius 1 is 1.56 bits per heavy atom. The van der Waals surface area contributed by atoms with Crippen molar-refractivity contribution in [2.24, 2.45) is 0 Å². The van der Waals surface area contributed by atoms with Crippen LogP contribution in [0.15, 0.2) is 0 Å². The molecule has 0 aliphatic rings. The van der Waals surface area contributed by atoms with Crippen molar-refractivity contribution in [2.75, 3.05) is 6.61 Å². The van der Waals surface area contributed by atoms with Gasteiger partial charge in [-0.1, -0.05) is 13.3 Å². The molecule has 0 heterocycles. The molecule has 0 aliphatic carbocycles. The van der Waals surface area contributed by atoms with Crippen molar-refractivity contribution in [1.29, 1.82) is 0 Å². The van der Waals surface area contributed by atoms with Crippen LogP contribution in [-0.4, -0.2) is 31.4 Å². The number of carbonyl (C=O) groups excluding carboxylic acids is 1. The first-order chi connectivity index (χ1) is 3.77. The molecule has 0 aliphatic heterocycles. The molecule has 0 saturated carbocycles. The first-order valence-electron chi connectivity index (χ1n) is 2.90. The summed E-state index contributed by atoms with van der Waals surface area (Å²) in [4.78, 5) is 10.1. The molecule has 2 nitrogen and oxygen atoms in total. The molecule has 0 aromatic heterocycles. The number of rotatable bonds is 3. The first-order valence-corrected chi connectivity index (χ1v) is 2.90. The Morgan fingerprint density at radius 2 is 2.11 bits per heavy atom. The Kier molecular flexibility index (Phi) is 10.6. The maximum absolute atomic E-state index is 10.1. The Morgan fingerprint density at radius 3 is 2.44 bits per heavy atom. The van der Waals surface area contributed by atoms with Crippen molar-refractivity contribution in [3.8, 4) is 0 Å². The van der Waals surface area contributed by atoms with Crippen LogP contribution in [0.5, 0.6) is 0 Å². The topological polar surface area (TPSA) is 26.3 Å². The van der Waals surface area contributed by atoms with Gasteiger partial charge in [0.1, 0.15) is 0 Å². The third-order valence-corrected chi connectivity index (χ3v) is 0.803. The van der Waals surface area contributed by atoms with Gasteiger partial charge in [0.25, 0.3) is 0 Å². The molecule has 0 spiro atoms. The molecule has 0 N–H and O–H groups in total. The van der Waals surface area contributed by atoms with Crippen LogP contribution in [0.1, 0.15) is 26.7 Å². The van der Waals surface area contributed by atoms with Gasteiger partial charge in [0.05, 0.1) is 6.61 Å². The summed E-state index contributed by atoms with van der Waals surface area (Å²) in [5, 5.41) is 0. The fourth-order valence-electron chi connectivity index (χ4n) is 0.360. The van der Waals surface area contributed by atoms with Gasteiger partial charge >= 0.3 is 24.8 Å². The second-order valence-electron chi connectivity index (χ2n) is 1.69. The molecule has 50 valence electrons. The normalized spacial score (nSPS) is 7.78. The van der Waals surface area contributed by atoms with Gasteiger partial charge in [0.15, 0.2) is 0 Å². The number of unbranched alkanes of at least 4 members (excludes halogenated alkanes) is 1. The van der Waals surface area contributed by atoms with Gasteiger partial charge < -0.3 is 4.74 Å².